The van der Waals surface area contributed by atoms with Crippen molar-refractivity contribution in [3.05, 3.63) is 34.9 Å². The molecule has 0 saturated carbocycles. The standard InChI is InChI=1S/C14H21NO3/c1-4-14(8-16,9-17)15-13(18)12-10(2)6-5-7-11(12)3/h5-7,16-17H,4,8-9H2,1-3H3,(H,15,18). The molecule has 0 aromatic heterocycles. The van der Waals surface area contributed by atoms with Crippen LogP contribution in [-0.2, 0) is 0 Å². The molecular weight excluding hydrogens is 230 g/mol. The van der Waals surface area contributed by atoms with E-state index in [-0.39, 0.29) is 19.1 Å². The molecule has 0 aliphatic rings. The number of hydrogen-bond donors (Lipinski definition) is 3. The number of nitrogens with one attached hydrogen (secondary N) is 1. The largest absolute Gasteiger partial charge is 0.394 e. The Morgan fingerprint density at radius 3 is 2.11 bits per heavy atom. The summed E-state index contributed by atoms with van der Waals surface area (Å²) in [5.41, 5.74) is 1.42. The van der Waals surface area contributed by atoms with Crippen molar-refractivity contribution in [3.63, 3.8) is 0 Å². The first kappa shape index (κ1) is 14.7. The molecule has 1 aromatic rings. The molecule has 0 aliphatic heterocycles. The van der Waals surface area contributed by atoms with E-state index in [1.807, 2.05) is 39.0 Å². The molecule has 0 unspecified atom stereocenters. The van der Waals surface area contributed by atoms with E-state index in [4.69, 9.17) is 0 Å². The quantitative estimate of drug-likeness (QED) is 0.735. The van der Waals surface area contributed by atoms with Crippen molar-refractivity contribution in [2.45, 2.75) is 32.7 Å². The summed E-state index contributed by atoms with van der Waals surface area (Å²) in [5.74, 6) is -0.254. The predicted molar refractivity (Wildman–Crippen MR) is 70.6 cm³/mol. The third-order valence-corrected chi connectivity index (χ3v) is 3.37. The van der Waals surface area contributed by atoms with E-state index in [9.17, 15) is 15.0 Å². The molecule has 4 nitrogen and oxygen atoms in total. The third kappa shape index (κ3) is 2.89. The number of aliphatic hydroxyl groups excluding tert-OH is 2. The van der Waals surface area contributed by atoms with Crippen molar-refractivity contribution < 1.29 is 15.0 Å². The molecule has 18 heavy (non-hydrogen) atoms. The van der Waals surface area contributed by atoms with E-state index in [0.717, 1.165) is 11.1 Å². The van der Waals surface area contributed by atoms with Crippen LogP contribution in [0.4, 0.5) is 0 Å². The van der Waals surface area contributed by atoms with Gasteiger partial charge in [-0.1, -0.05) is 25.1 Å². The molecule has 3 N–H and O–H groups in total. The monoisotopic (exact) mass is 251 g/mol. The van der Waals surface area contributed by atoms with Gasteiger partial charge >= 0.3 is 0 Å². The lowest BCUT2D eigenvalue weighted by atomic mass is 9.96. The van der Waals surface area contributed by atoms with Crippen molar-refractivity contribution in [2.24, 2.45) is 0 Å². The van der Waals surface area contributed by atoms with Crippen LogP contribution in [0.25, 0.3) is 0 Å². The van der Waals surface area contributed by atoms with Gasteiger partial charge in [-0.3, -0.25) is 4.79 Å². The summed E-state index contributed by atoms with van der Waals surface area (Å²) >= 11 is 0. The van der Waals surface area contributed by atoms with Crippen LogP contribution < -0.4 is 5.32 Å². The van der Waals surface area contributed by atoms with Crippen molar-refractivity contribution in [3.8, 4) is 0 Å². The molecule has 0 heterocycles. The number of hydrogen-bond acceptors (Lipinski definition) is 3. The lowest BCUT2D eigenvalue weighted by Gasteiger charge is -2.30. The van der Waals surface area contributed by atoms with E-state index < -0.39 is 5.54 Å². The van der Waals surface area contributed by atoms with E-state index in [1.54, 1.807) is 0 Å². The van der Waals surface area contributed by atoms with E-state index >= 15 is 0 Å². The minimum atomic E-state index is -0.953. The number of amides is 1. The van der Waals surface area contributed by atoms with Gasteiger partial charge < -0.3 is 15.5 Å². The lowest BCUT2D eigenvalue weighted by molar-refractivity contribution is 0.0652. The van der Waals surface area contributed by atoms with Gasteiger partial charge in [-0.25, -0.2) is 0 Å². The highest BCUT2D eigenvalue weighted by Crippen LogP contribution is 2.16. The number of carbonyl (C=O) groups is 1. The molecule has 0 saturated heterocycles. The van der Waals surface area contributed by atoms with Crippen LogP contribution >= 0.6 is 0 Å². The van der Waals surface area contributed by atoms with Gasteiger partial charge in [-0.15, -0.1) is 0 Å². The number of aryl methyl sites for hydroxylation is 2. The number of aliphatic hydroxyl groups is 2. The molecule has 0 bridgehead atoms. The van der Waals surface area contributed by atoms with Gasteiger partial charge in [-0.2, -0.15) is 0 Å². The van der Waals surface area contributed by atoms with E-state index in [0.29, 0.717) is 12.0 Å². The van der Waals surface area contributed by atoms with Crippen molar-refractivity contribution >= 4 is 5.91 Å². The minimum absolute atomic E-state index is 0.254. The smallest absolute Gasteiger partial charge is 0.252 e. The van der Waals surface area contributed by atoms with E-state index in [1.165, 1.54) is 0 Å². The van der Waals surface area contributed by atoms with Crippen LogP contribution in [0.3, 0.4) is 0 Å². The zero-order chi connectivity index (χ0) is 13.8. The molecule has 100 valence electrons. The third-order valence-electron chi connectivity index (χ3n) is 3.37. The summed E-state index contributed by atoms with van der Waals surface area (Å²) in [4.78, 5) is 12.2. The second-order valence-electron chi connectivity index (χ2n) is 4.67. The maximum Gasteiger partial charge on any atom is 0.252 e. The van der Waals surface area contributed by atoms with Crippen LogP contribution in [0, 0.1) is 13.8 Å². The Balaban J connectivity index is 3.02. The second-order valence-corrected chi connectivity index (χ2v) is 4.67. The van der Waals surface area contributed by atoms with Gasteiger partial charge in [0.2, 0.25) is 0 Å². The maximum atomic E-state index is 12.2. The van der Waals surface area contributed by atoms with Gasteiger partial charge in [0, 0.05) is 5.56 Å². The molecule has 0 aliphatic carbocycles. The van der Waals surface area contributed by atoms with Crippen molar-refractivity contribution in [1.29, 1.82) is 0 Å². The van der Waals surface area contributed by atoms with Gasteiger partial charge in [-0.05, 0) is 31.4 Å². The molecule has 0 atom stereocenters. The average Bonchev–Trinajstić information content (AvgIpc) is 2.36. The Morgan fingerprint density at radius 2 is 1.72 bits per heavy atom. The molecule has 0 fully saturated rings. The zero-order valence-electron chi connectivity index (χ0n) is 11.2. The molecular formula is C14H21NO3. The predicted octanol–water partition coefficient (Wildman–Crippen LogP) is 1.17. The highest BCUT2D eigenvalue weighted by atomic mass is 16.3. The van der Waals surface area contributed by atoms with Gasteiger partial charge in [0.15, 0.2) is 0 Å². The molecule has 1 amide bonds. The van der Waals surface area contributed by atoms with Crippen LogP contribution in [0.5, 0.6) is 0 Å². The highest BCUT2D eigenvalue weighted by Gasteiger charge is 2.29. The molecule has 0 spiro atoms. The summed E-state index contributed by atoms with van der Waals surface area (Å²) in [6.45, 7) is 4.99. The molecule has 1 rings (SSSR count). The average molecular weight is 251 g/mol. The SMILES string of the molecule is CCC(CO)(CO)NC(=O)c1c(C)cccc1C. The number of carbonyl (C=O) groups excluding carboxylic acids is 1. The summed E-state index contributed by atoms with van der Waals surface area (Å²) in [6, 6.07) is 5.63. The normalized spacial score (nSPS) is 11.4. The van der Waals surface area contributed by atoms with Crippen LogP contribution in [-0.4, -0.2) is 34.9 Å². The zero-order valence-corrected chi connectivity index (χ0v) is 11.2. The van der Waals surface area contributed by atoms with Crippen LogP contribution in [0.1, 0.15) is 34.8 Å². The Morgan fingerprint density at radius 1 is 1.22 bits per heavy atom. The maximum absolute atomic E-state index is 12.2. The molecule has 1 aromatic carbocycles. The molecule has 4 heteroatoms. The van der Waals surface area contributed by atoms with Crippen LogP contribution in [0.15, 0.2) is 18.2 Å². The summed E-state index contributed by atoms with van der Waals surface area (Å²) in [5, 5.41) is 21.4. The lowest BCUT2D eigenvalue weighted by Crippen LogP contribution is -2.54. The fourth-order valence-electron chi connectivity index (χ4n) is 1.92. The van der Waals surface area contributed by atoms with Crippen LogP contribution in [0.2, 0.25) is 0 Å². The van der Waals surface area contributed by atoms with Gasteiger partial charge in [0.25, 0.3) is 5.91 Å². The van der Waals surface area contributed by atoms with Gasteiger partial charge in [0.1, 0.15) is 0 Å². The minimum Gasteiger partial charge on any atom is -0.394 e. The fourth-order valence-corrected chi connectivity index (χ4v) is 1.92. The number of benzene rings is 1. The number of rotatable bonds is 5. The van der Waals surface area contributed by atoms with Gasteiger partial charge in [0.05, 0.1) is 18.8 Å². The highest BCUT2D eigenvalue weighted by molar-refractivity contribution is 5.97. The summed E-state index contributed by atoms with van der Waals surface area (Å²) in [6.07, 6.45) is 0.469. The summed E-state index contributed by atoms with van der Waals surface area (Å²) < 4.78 is 0. The Hall–Kier alpha value is -1.39. The first-order valence-corrected chi connectivity index (χ1v) is 6.10. The van der Waals surface area contributed by atoms with Crippen molar-refractivity contribution in [1.82, 2.24) is 5.32 Å². The Kier molecular flexibility index (Phi) is 4.87. The Labute approximate surface area is 108 Å². The first-order chi connectivity index (χ1) is 8.49. The fraction of sp³-hybridized carbons (Fsp3) is 0.500. The van der Waals surface area contributed by atoms with Crippen molar-refractivity contribution in [2.75, 3.05) is 13.2 Å². The van der Waals surface area contributed by atoms with E-state index in [2.05, 4.69) is 5.32 Å². The Bertz CT molecular complexity index is 397. The first-order valence-electron chi connectivity index (χ1n) is 6.10. The molecule has 0 radical (unpaired) electrons. The topological polar surface area (TPSA) is 69.6 Å². The second kappa shape index (κ2) is 5.98. The summed E-state index contributed by atoms with van der Waals surface area (Å²) in [7, 11) is 0.